The molecule has 10 heteroatoms. The molecule has 0 radical (unpaired) electrons. The van der Waals surface area contributed by atoms with Crippen LogP contribution in [0, 0.1) is 0 Å². The number of hydrogen-bond acceptors (Lipinski definition) is 5. The monoisotopic (exact) mass is 420 g/mol. The van der Waals surface area contributed by atoms with E-state index in [1.54, 1.807) is 12.1 Å². The first-order valence-electron chi connectivity index (χ1n) is 9.58. The molecule has 2 N–H and O–H groups in total. The zero-order valence-electron chi connectivity index (χ0n) is 17.0. The van der Waals surface area contributed by atoms with Gasteiger partial charge in [0.25, 0.3) is 17.0 Å². The molecule has 1 aromatic carbocycles. The second kappa shape index (κ2) is 7.90. The van der Waals surface area contributed by atoms with E-state index in [9.17, 15) is 19.2 Å². The average Bonchev–Trinajstić information content (AvgIpc) is 3.21. The van der Waals surface area contributed by atoms with Crippen LogP contribution in [0.15, 0.2) is 63.0 Å². The fourth-order valence-electron chi connectivity index (χ4n) is 3.30. The second-order valence-electron chi connectivity index (χ2n) is 7.06. The molecule has 0 saturated heterocycles. The number of nitrogens with zero attached hydrogens (tertiary/aromatic N) is 4. The molecule has 0 aliphatic rings. The van der Waals surface area contributed by atoms with Crippen LogP contribution in [0.5, 0.6) is 0 Å². The molecule has 0 bridgehead atoms. The normalized spacial score (nSPS) is 11.0. The van der Waals surface area contributed by atoms with E-state index in [0.717, 1.165) is 4.57 Å². The number of aromatic nitrogens is 5. The van der Waals surface area contributed by atoms with Gasteiger partial charge in [0, 0.05) is 45.0 Å². The summed E-state index contributed by atoms with van der Waals surface area (Å²) in [5, 5.41) is 2.78. The fourth-order valence-corrected chi connectivity index (χ4v) is 3.30. The summed E-state index contributed by atoms with van der Waals surface area (Å²) in [5.41, 5.74) is 0.352. The first-order valence-corrected chi connectivity index (χ1v) is 9.58. The maximum Gasteiger partial charge on any atom is 0.332 e. The van der Waals surface area contributed by atoms with Crippen molar-refractivity contribution in [3.8, 4) is 5.69 Å². The van der Waals surface area contributed by atoms with Gasteiger partial charge in [-0.1, -0.05) is 18.2 Å². The van der Waals surface area contributed by atoms with Crippen molar-refractivity contribution >= 4 is 17.1 Å². The Morgan fingerprint density at radius 1 is 1.03 bits per heavy atom. The molecule has 4 rings (SSSR count). The highest BCUT2D eigenvalue weighted by atomic mass is 16.2. The number of carbonyl (C=O) groups excluding carboxylic acids is 1. The van der Waals surface area contributed by atoms with Gasteiger partial charge >= 0.3 is 5.69 Å². The molecule has 0 fully saturated rings. The van der Waals surface area contributed by atoms with Crippen molar-refractivity contribution in [1.29, 1.82) is 0 Å². The number of para-hydroxylation sites is 1. The van der Waals surface area contributed by atoms with E-state index < -0.39 is 11.2 Å². The molecule has 158 valence electrons. The number of hydrogen-bond donors (Lipinski definition) is 2. The first kappa shape index (κ1) is 20.1. The van der Waals surface area contributed by atoms with Gasteiger partial charge in [-0.05, 0) is 18.2 Å². The SMILES string of the molecule is Cn1c(=O)c2[nH]c(CCNC(=O)c3ccc(=O)n(-c4ccccc4)c3)nc2n(C)c1=O. The number of amides is 1. The summed E-state index contributed by atoms with van der Waals surface area (Å²) in [4.78, 5) is 56.2. The van der Waals surface area contributed by atoms with Gasteiger partial charge in [0.2, 0.25) is 0 Å². The van der Waals surface area contributed by atoms with Gasteiger partial charge in [0.05, 0.1) is 5.56 Å². The van der Waals surface area contributed by atoms with Gasteiger partial charge < -0.3 is 10.3 Å². The predicted molar refractivity (Wildman–Crippen MR) is 115 cm³/mol. The molecular formula is C21H20N6O4. The molecule has 0 saturated carbocycles. The van der Waals surface area contributed by atoms with Crippen molar-refractivity contribution < 1.29 is 4.79 Å². The number of H-pyrrole nitrogens is 1. The summed E-state index contributed by atoms with van der Waals surface area (Å²) in [5.74, 6) is 0.131. The van der Waals surface area contributed by atoms with Crippen LogP contribution < -0.4 is 22.1 Å². The van der Waals surface area contributed by atoms with E-state index in [1.165, 1.54) is 41.6 Å². The Hall–Kier alpha value is -4.21. The second-order valence-corrected chi connectivity index (χ2v) is 7.06. The molecule has 1 amide bonds. The average molecular weight is 420 g/mol. The van der Waals surface area contributed by atoms with Crippen molar-refractivity contribution in [2.75, 3.05) is 6.54 Å². The lowest BCUT2D eigenvalue weighted by molar-refractivity contribution is 0.0953. The molecule has 0 atom stereocenters. The van der Waals surface area contributed by atoms with Crippen molar-refractivity contribution in [3.63, 3.8) is 0 Å². The van der Waals surface area contributed by atoms with E-state index in [2.05, 4.69) is 15.3 Å². The third-order valence-corrected chi connectivity index (χ3v) is 5.00. The molecule has 0 spiro atoms. The number of benzene rings is 1. The molecule has 3 aromatic heterocycles. The summed E-state index contributed by atoms with van der Waals surface area (Å²) in [6.07, 6.45) is 1.82. The molecule has 0 aliphatic carbocycles. The van der Waals surface area contributed by atoms with Gasteiger partial charge in [-0.2, -0.15) is 0 Å². The molecule has 0 aliphatic heterocycles. The standard InChI is InChI=1S/C21H20N6O4/c1-25-18-17(20(30)26(2)21(25)31)23-15(24-18)10-11-22-19(29)13-8-9-16(28)27(12-13)14-6-4-3-5-7-14/h3-9,12H,10-11H2,1-2H3,(H,22,29)(H,23,24). The number of pyridine rings is 1. The minimum Gasteiger partial charge on any atom is -0.352 e. The minimum absolute atomic E-state index is 0.237. The summed E-state index contributed by atoms with van der Waals surface area (Å²) < 4.78 is 3.71. The summed E-state index contributed by atoms with van der Waals surface area (Å²) >= 11 is 0. The zero-order chi connectivity index (χ0) is 22.1. The highest BCUT2D eigenvalue weighted by Crippen LogP contribution is 2.07. The van der Waals surface area contributed by atoms with Gasteiger partial charge in [0.15, 0.2) is 5.65 Å². The third-order valence-electron chi connectivity index (χ3n) is 5.00. The summed E-state index contributed by atoms with van der Waals surface area (Å²) in [7, 11) is 2.94. The minimum atomic E-state index is -0.461. The van der Waals surface area contributed by atoms with Crippen LogP contribution in [-0.4, -0.2) is 36.1 Å². The number of nitrogens with one attached hydrogen (secondary N) is 2. The lowest BCUT2D eigenvalue weighted by Crippen LogP contribution is -2.36. The summed E-state index contributed by atoms with van der Waals surface area (Å²) in [6.45, 7) is 0.247. The molecular weight excluding hydrogens is 400 g/mol. The van der Waals surface area contributed by atoms with E-state index in [-0.39, 0.29) is 29.2 Å². The van der Waals surface area contributed by atoms with E-state index in [1.807, 2.05) is 18.2 Å². The van der Waals surface area contributed by atoms with E-state index in [4.69, 9.17) is 0 Å². The molecule has 10 nitrogen and oxygen atoms in total. The number of imidazole rings is 1. The number of carbonyl (C=O) groups is 1. The first-order chi connectivity index (χ1) is 14.9. The van der Waals surface area contributed by atoms with Crippen LogP contribution in [0.25, 0.3) is 16.9 Å². The quantitative estimate of drug-likeness (QED) is 0.473. The van der Waals surface area contributed by atoms with E-state index in [0.29, 0.717) is 23.5 Å². The Morgan fingerprint density at radius 3 is 2.52 bits per heavy atom. The Balaban J connectivity index is 1.50. The van der Waals surface area contributed by atoms with Crippen molar-refractivity contribution in [2.45, 2.75) is 6.42 Å². The van der Waals surface area contributed by atoms with Crippen molar-refractivity contribution in [3.05, 3.63) is 91.2 Å². The highest BCUT2D eigenvalue weighted by Gasteiger charge is 2.14. The number of aryl methyl sites for hydroxylation is 1. The van der Waals surface area contributed by atoms with Crippen LogP contribution in [0.4, 0.5) is 0 Å². The Labute approximate surface area is 175 Å². The van der Waals surface area contributed by atoms with Crippen molar-refractivity contribution in [2.24, 2.45) is 14.1 Å². The lowest BCUT2D eigenvalue weighted by atomic mass is 10.2. The number of aromatic amines is 1. The topological polar surface area (TPSA) is 124 Å². The summed E-state index contributed by atoms with van der Waals surface area (Å²) in [6, 6.07) is 11.8. The molecule has 3 heterocycles. The van der Waals surface area contributed by atoms with E-state index >= 15 is 0 Å². The Bertz CT molecular complexity index is 1460. The fraction of sp³-hybridized carbons (Fsp3) is 0.190. The van der Waals surface area contributed by atoms with Crippen molar-refractivity contribution in [1.82, 2.24) is 29.0 Å². The maximum atomic E-state index is 12.5. The Kier molecular flexibility index (Phi) is 5.12. The maximum absolute atomic E-state index is 12.5. The smallest absolute Gasteiger partial charge is 0.332 e. The lowest BCUT2D eigenvalue weighted by Gasteiger charge is -2.08. The Morgan fingerprint density at radius 2 is 1.77 bits per heavy atom. The number of rotatable bonds is 5. The van der Waals surface area contributed by atoms with Crippen LogP contribution in [0.1, 0.15) is 16.2 Å². The molecule has 4 aromatic rings. The van der Waals surface area contributed by atoms with Gasteiger partial charge in [-0.3, -0.25) is 28.1 Å². The van der Waals surface area contributed by atoms with Gasteiger partial charge in [-0.15, -0.1) is 0 Å². The zero-order valence-corrected chi connectivity index (χ0v) is 17.0. The predicted octanol–water partition coefficient (Wildman–Crippen LogP) is 0.0837. The van der Waals surface area contributed by atoms with Gasteiger partial charge in [-0.25, -0.2) is 9.78 Å². The molecule has 0 unspecified atom stereocenters. The van der Waals surface area contributed by atoms with Crippen LogP contribution >= 0.6 is 0 Å². The highest BCUT2D eigenvalue weighted by molar-refractivity contribution is 5.93. The largest absolute Gasteiger partial charge is 0.352 e. The van der Waals surface area contributed by atoms with Crippen LogP contribution in [-0.2, 0) is 20.5 Å². The number of fused-ring (bicyclic) bond motifs is 1. The van der Waals surface area contributed by atoms with Gasteiger partial charge in [0.1, 0.15) is 11.3 Å². The van der Waals surface area contributed by atoms with Crippen LogP contribution in [0.3, 0.4) is 0 Å². The molecule has 31 heavy (non-hydrogen) atoms. The van der Waals surface area contributed by atoms with Crippen LogP contribution in [0.2, 0.25) is 0 Å². The third kappa shape index (κ3) is 3.70.